The molecule has 2 rings (SSSR count). The third-order valence-corrected chi connectivity index (χ3v) is 3.68. The van der Waals surface area contributed by atoms with Crippen LogP contribution in [0.4, 0.5) is 0 Å². The van der Waals surface area contributed by atoms with Gasteiger partial charge >= 0.3 is 11.9 Å². The van der Waals surface area contributed by atoms with Gasteiger partial charge in [-0.1, -0.05) is 37.1 Å². The molecule has 0 heterocycles. The molecule has 0 aliphatic heterocycles. The Bertz CT molecular complexity index is 1030. The van der Waals surface area contributed by atoms with E-state index in [1.165, 1.54) is 12.2 Å². The Morgan fingerprint density at radius 3 is 2.19 bits per heavy atom. The fourth-order valence-corrected chi connectivity index (χ4v) is 2.12. The van der Waals surface area contributed by atoms with E-state index in [-0.39, 0.29) is 19.0 Å². The molecule has 2 aromatic carbocycles. The second-order valence-corrected chi connectivity index (χ2v) is 5.93. The summed E-state index contributed by atoms with van der Waals surface area (Å²) in [5.41, 5.74) is 1.56. The zero-order valence-electron chi connectivity index (χ0n) is 16.7. The number of ketones is 1. The van der Waals surface area contributed by atoms with Crippen LogP contribution in [0.3, 0.4) is 0 Å². The molecule has 0 aliphatic carbocycles. The van der Waals surface area contributed by atoms with Crippen LogP contribution in [0.2, 0.25) is 0 Å². The van der Waals surface area contributed by atoms with Crippen LogP contribution in [0, 0.1) is 11.8 Å². The fraction of sp³-hybridized carbons (Fsp3) is 0.0800. The Labute approximate surface area is 180 Å². The van der Waals surface area contributed by atoms with Crippen molar-refractivity contribution in [3.8, 4) is 23.3 Å². The predicted molar refractivity (Wildman–Crippen MR) is 116 cm³/mol. The molecule has 2 aromatic rings. The Morgan fingerprint density at radius 2 is 1.55 bits per heavy atom. The topological polar surface area (TPSA) is 78.9 Å². The van der Waals surface area contributed by atoms with Gasteiger partial charge in [0.25, 0.3) is 0 Å². The van der Waals surface area contributed by atoms with Crippen molar-refractivity contribution in [1.82, 2.24) is 0 Å². The van der Waals surface area contributed by atoms with Gasteiger partial charge in [0.15, 0.2) is 5.78 Å². The molecule has 156 valence electrons. The monoisotopic (exact) mass is 416 g/mol. The smallest absolute Gasteiger partial charge is 0.336 e. The maximum Gasteiger partial charge on any atom is 0.336 e. The first-order chi connectivity index (χ1) is 15.0. The summed E-state index contributed by atoms with van der Waals surface area (Å²) < 4.78 is 15.1. The number of rotatable bonds is 9. The summed E-state index contributed by atoms with van der Waals surface area (Å²) in [5, 5.41) is 0. The van der Waals surface area contributed by atoms with Crippen LogP contribution in [0.1, 0.15) is 17.5 Å². The molecule has 0 amide bonds. The molecular formula is C25H20O6. The van der Waals surface area contributed by atoms with Crippen molar-refractivity contribution >= 4 is 23.8 Å². The van der Waals surface area contributed by atoms with Gasteiger partial charge in [-0.3, -0.25) is 4.79 Å². The molecule has 0 aromatic heterocycles. The molecule has 0 N–H and O–H groups in total. The van der Waals surface area contributed by atoms with Crippen LogP contribution >= 0.6 is 0 Å². The van der Waals surface area contributed by atoms with Crippen LogP contribution in [0.15, 0.2) is 79.9 Å². The van der Waals surface area contributed by atoms with Gasteiger partial charge in [-0.15, -0.1) is 0 Å². The number of ether oxygens (including phenoxy) is 3. The van der Waals surface area contributed by atoms with Crippen molar-refractivity contribution in [2.24, 2.45) is 0 Å². The highest BCUT2D eigenvalue weighted by Crippen LogP contribution is 2.18. The predicted octanol–water partition coefficient (Wildman–Crippen LogP) is 3.87. The minimum atomic E-state index is -0.583. The standard InChI is InChI=1S/C25H20O6/c1-3-21(26)7-5-6-19-8-10-20(11-9-19)12-17-25(28)31-23-15-13-22(14-16-23)29-18-30-24(27)4-2/h3-4,8-17H,1-2,7,18H2/b17-12+. The SMILES string of the molecule is C=CC(=O)CC#Cc1ccc(/C=C/C(=O)Oc2ccc(OCOC(=O)C=C)cc2)cc1. The Morgan fingerprint density at radius 1 is 0.871 bits per heavy atom. The zero-order chi connectivity index (χ0) is 22.5. The molecule has 0 saturated heterocycles. The Hall–Kier alpha value is -4.37. The summed E-state index contributed by atoms with van der Waals surface area (Å²) in [5.74, 6) is 5.20. The summed E-state index contributed by atoms with van der Waals surface area (Å²) in [6.45, 7) is 6.43. The molecule has 0 bridgehead atoms. The molecule has 0 atom stereocenters. The van der Waals surface area contributed by atoms with Gasteiger partial charge in [0.2, 0.25) is 6.79 Å². The third kappa shape index (κ3) is 8.67. The average molecular weight is 416 g/mol. The van der Waals surface area contributed by atoms with Crippen molar-refractivity contribution < 1.29 is 28.6 Å². The number of allylic oxidation sites excluding steroid dienone is 1. The Balaban J connectivity index is 1.83. The molecule has 31 heavy (non-hydrogen) atoms. The van der Waals surface area contributed by atoms with Crippen molar-refractivity contribution in [3.05, 3.63) is 91.0 Å². The summed E-state index contributed by atoms with van der Waals surface area (Å²) in [6.07, 6.45) is 5.34. The second kappa shape index (κ2) is 12.2. The summed E-state index contributed by atoms with van der Waals surface area (Å²) in [6, 6.07) is 13.5. The van der Waals surface area contributed by atoms with Crippen LogP contribution in [0.5, 0.6) is 11.5 Å². The van der Waals surface area contributed by atoms with Crippen molar-refractivity contribution in [1.29, 1.82) is 0 Å². The molecular weight excluding hydrogens is 396 g/mol. The van der Waals surface area contributed by atoms with Gasteiger partial charge in [0.05, 0.1) is 6.42 Å². The van der Waals surface area contributed by atoms with E-state index >= 15 is 0 Å². The molecule has 0 spiro atoms. The van der Waals surface area contributed by atoms with Crippen molar-refractivity contribution in [2.45, 2.75) is 6.42 Å². The highest BCUT2D eigenvalue weighted by Gasteiger charge is 2.02. The van der Waals surface area contributed by atoms with E-state index in [4.69, 9.17) is 14.2 Å². The van der Waals surface area contributed by atoms with Gasteiger partial charge in [0.1, 0.15) is 11.5 Å². The lowest BCUT2D eigenvalue weighted by Crippen LogP contribution is -2.07. The minimum absolute atomic E-state index is 0.123. The van der Waals surface area contributed by atoms with Crippen molar-refractivity contribution in [3.63, 3.8) is 0 Å². The first-order valence-electron chi connectivity index (χ1n) is 9.16. The highest BCUT2D eigenvalue weighted by atomic mass is 16.7. The van der Waals surface area contributed by atoms with E-state index in [0.29, 0.717) is 11.5 Å². The first-order valence-corrected chi connectivity index (χ1v) is 9.16. The molecule has 6 heteroatoms. The summed E-state index contributed by atoms with van der Waals surface area (Å²) >= 11 is 0. The van der Waals surface area contributed by atoms with Crippen LogP contribution < -0.4 is 9.47 Å². The number of esters is 2. The van der Waals surface area contributed by atoms with Gasteiger partial charge < -0.3 is 14.2 Å². The van der Waals surface area contributed by atoms with Gasteiger partial charge in [0, 0.05) is 17.7 Å². The van der Waals surface area contributed by atoms with Gasteiger partial charge in [-0.2, -0.15) is 0 Å². The van der Waals surface area contributed by atoms with E-state index in [2.05, 4.69) is 25.0 Å². The third-order valence-electron chi connectivity index (χ3n) is 3.68. The van der Waals surface area contributed by atoms with Crippen molar-refractivity contribution in [2.75, 3.05) is 6.79 Å². The lowest BCUT2D eigenvalue weighted by Gasteiger charge is -2.07. The largest absolute Gasteiger partial charge is 0.457 e. The highest BCUT2D eigenvalue weighted by molar-refractivity contribution is 5.91. The zero-order valence-corrected chi connectivity index (χ0v) is 16.7. The molecule has 0 radical (unpaired) electrons. The molecule has 0 aliphatic rings. The molecule has 0 fully saturated rings. The number of benzene rings is 2. The number of carbonyl (C=O) groups is 3. The normalized spacial score (nSPS) is 9.81. The van der Waals surface area contributed by atoms with E-state index in [9.17, 15) is 14.4 Å². The Kier molecular flexibility index (Phi) is 9.05. The van der Waals surface area contributed by atoms with E-state index in [1.807, 2.05) is 0 Å². The second-order valence-electron chi connectivity index (χ2n) is 5.93. The first kappa shape index (κ1) is 22.9. The average Bonchev–Trinajstić information content (AvgIpc) is 2.79. The van der Waals surface area contributed by atoms with Crippen LogP contribution in [-0.4, -0.2) is 24.5 Å². The minimum Gasteiger partial charge on any atom is -0.457 e. The lowest BCUT2D eigenvalue weighted by molar-refractivity contribution is -0.144. The number of hydrogen-bond acceptors (Lipinski definition) is 6. The summed E-state index contributed by atoms with van der Waals surface area (Å²) in [4.78, 5) is 34.0. The molecule has 0 unspecified atom stereocenters. The number of carbonyl (C=O) groups excluding carboxylic acids is 3. The molecule has 0 saturated carbocycles. The van der Waals surface area contributed by atoms with Gasteiger partial charge in [-0.25, -0.2) is 9.59 Å². The maximum atomic E-state index is 12.0. The van der Waals surface area contributed by atoms with E-state index in [0.717, 1.165) is 17.2 Å². The summed E-state index contributed by atoms with van der Waals surface area (Å²) in [7, 11) is 0. The van der Waals surface area contributed by atoms with E-state index in [1.54, 1.807) is 54.6 Å². The van der Waals surface area contributed by atoms with Crippen LogP contribution in [0.25, 0.3) is 6.08 Å². The molecule has 6 nitrogen and oxygen atoms in total. The lowest BCUT2D eigenvalue weighted by atomic mass is 10.1. The fourth-order valence-electron chi connectivity index (χ4n) is 2.12. The maximum absolute atomic E-state index is 12.0. The van der Waals surface area contributed by atoms with Gasteiger partial charge in [-0.05, 0) is 54.1 Å². The number of hydrogen-bond donors (Lipinski definition) is 0. The van der Waals surface area contributed by atoms with Crippen LogP contribution in [-0.2, 0) is 19.1 Å². The quantitative estimate of drug-likeness (QED) is 0.203. The van der Waals surface area contributed by atoms with E-state index < -0.39 is 11.9 Å².